The fraction of sp³-hybridized carbons (Fsp3) is 0.400. The Hall–Kier alpha value is -2.97. The predicted molar refractivity (Wildman–Crippen MR) is 84.3 cm³/mol. The number of non-ortho nitro benzene ring substituents is 1. The number of carbonyl (C=O) groups is 3. The van der Waals surface area contributed by atoms with Gasteiger partial charge in [0, 0.05) is 24.2 Å². The number of esters is 1. The molecule has 0 fully saturated rings. The van der Waals surface area contributed by atoms with Gasteiger partial charge in [-0.3, -0.25) is 24.5 Å². The van der Waals surface area contributed by atoms with Crippen molar-refractivity contribution in [3.63, 3.8) is 0 Å². The van der Waals surface area contributed by atoms with Crippen LogP contribution in [-0.2, 0) is 14.3 Å². The minimum absolute atomic E-state index is 0.0470. The van der Waals surface area contributed by atoms with Gasteiger partial charge in [0.2, 0.25) is 0 Å². The maximum Gasteiger partial charge on any atom is 0.326 e. The molecule has 1 aromatic carbocycles. The molecule has 9 nitrogen and oxygen atoms in total. The molecule has 0 saturated carbocycles. The molecule has 1 rings (SSSR count). The fourth-order valence-corrected chi connectivity index (χ4v) is 1.70. The zero-order valence-corrected chi connectivity index (χ0v) is 13.4. The summed E-state index contributed by atoms with van der Waals surface area (Å²) < 4.78 is 4.88. The number of nitro groups is 1. The third-order valence-corrected chi connectivity index (χ3v) is 2.94. The van der Waals surface area contributed by atoms with Gasteiger partial charge in [0.25, 0.3) is 17.5 Å². The number of carbonyl (C=O) groups excluding carboxylic acids is 3. The first-order valence-corrected chi connectivity index (χ1v) is 7.35. The Labute approximate surface area is 138 Å². The summed E-state index contributed by atoms with van der Waals surface area (Å²) in [4.78, 5) is 45.1. The maximum absolute atomic E-state index is 11.9. The van der Waals surface area contributed by atoms with Crippen LogP contribution in [0, 0.1) is 10.1 Å². The molecule has 1 unspecified atom stereocenters. The summed E-state index contributed by atoms with van der Waals surface area (Å²) in [5.74, 6) is -1.86. The lowest BCUT2D eigenvalue weighted by atomic mass is 10.2. The topological polar surface area (TPSA) is 128 Å². The molecule has 2 amide bonds. The molecule has 0 heterocycles. The van der Waals surface area contributed by atoms with Crippen molar-refractivity contribution < 1.29 is 24.0 Å². The van der Waals surface area contributed by atoms with Gasteiger partial charge in [-0.05, 0) is 19.4 Å². The number of rotatable bonds is 8. The fourth-order valence-electron chi connectivity index (χ4n) is 1.70. The van der Waals surface area contributed by atoms with Crippen LogP contribution >= 0.6 is 0 Å². The molecule has 0 radical (unpaired) electrons. The molecule has 0 aromatic heterocycles. The normalized spacial score (nSPS) is 11.2. The van der Waals surface area contributed by atoms with E-state index in [0.717, 1.165) is 12.5 Å². The standard InChI is InChI=1S/C15H19N3O6/c1-3-7-16-14(20)10(2)24-13(19)9-17-15(21)11-5-4-6-12(8-11)18(22)23/h4-6,8,10H,3,7,9H2,1-2H3,(H,16,20)(H,17,21). The average Bonchev–Trinajstić information content (AvgIpc) is 2.57. The first kappa shape index (κ1) is 19.1. The van der Waals surface area contributed by atoms with Crippen LogP contribution in [-0.4, -0.2) is 41.9 Å². The first-order valence-electron chi connectivity index (χ1n) is 7.35. The van der Waals surface area contributed by atoms with Gasteiger partial charge >= 0.3 is 5.97 Å². The van der Waals surface area contributed by atoms with Crippen LogP contribution in [0.4, 0.5) is 5.69 Å². The van der Waals surface area contributed by atoms with Crippen molar-refractivity contribution in [3.05, 3.63) is 39.9 Å². The molecule has 0 spiro atoms. The van der Waals surface area contributed by atoms with Crippen LogP contribution < -0.4 is 10.6 Å². The van der Waals surface area contributed by atoms with Crippen molar-refractivity contribution >= 4 is 23.5 Å². The smallest absolute Gasteiger partial charge is 0.326 e. The lowest BCUT2D eigenvalue weighted by Gasteiger charge is -2.13. The Morgan fingerprint density at radius 1 is 1.29 bits per heavy atom. The van der Waals surface area contributed by atoms with Crippen molar-refractivity contribution in [2.24, 2.45) is 0 Å². The van der Waals surface area contributed by atoms with E-state index < -0.39 is 35.4 Å². The highest BCUT2D eigenvalue weighted by atomic mass is 16.6. The van der Waals surface area contributed by atoms with E-state index >= 15 is 0 Å². The lowest BCUT2D eigenvalue weighted by Crippen LogP contribution is -2.39. The average molecular weight is 337 g/mol. The van der Waals surface area contributed by atoms with Gasteiger partial charge < -0.3 is 15.4 Å². The highest BCUT2D eigenvalue weighted by Crippen LogP contribution is 2.12. The molecule has 24 heavy (non-hydrogen) atoms. The van der Waals surface area contributed by atoms with Gasteiger partial charge in [-0.15, -0.1) is 0 Å². The second kappa shape index (κ2) is 9.23. The van der Waals surface area contributed by atoms with E-state index in [1.807, 2.05) is 6.92 Å². The summed E-state index contributed by atoms with van der Waals surface area (Å²) in [6.45, 7) is 3.34. The van der Waals surface area contributed by atoms with E-state index in [1.54, 1.807) is 0 Å². The molecule has 9 heteroatoms. The molecule has 130 valence electrons. The third-order valence-electron chi connectivity index (χ3n) is 2.94. The number of ether oxygens (including phenoxy) is 1. The summed E-state index contributed by atoms with van der Waals surface area (Å²) in [6, 6.07) is 5.10. The van der Waals surface area contributed by atoms with Gasteiger partial charge in [0.05, 0.1) is 4.92 Å². The summed E-state index contributed by atoms with van der Waals surface area (Å²) in [6.07, 6.45) is -0.218. The molecule has 2 N–H and O–H groups in total. The second-order valence-corrected chi connectivity index (χ2v) is 4.91. The third kappa shape index (κ3) is 6.03. The predicted octanol–water partition coefficient (Wildman–Crippen LogP) is 0.783. The van der Waals surface area contributed by atoms with E-state index in [9.17, 15) is 24.5 Å². The van der Waals surface area contributed by atoms with Crippen LogP contribution in [0.25, 0.3) is 0 Å². The summed E-state index contributed by atoms with van der Waals surface area (Å²) >= 11 is 0. The molecule has 0 aliphatic carbocycles. The van der Waals surface area contributed by atoms with Crippen molar-refractivity contribution in [1.82, 2.24) is 10.6 Å². The second-order valence-electron chi connectivity index (χ2n) is 4.91. The number of nitrogens with one attached hydrogen (secondary N) is 2. The van der Waals surface area contributed by atoms with Gasteiger partial charge in [-0.1, -0.05) is 13.0 Å². The minimum Gasteiger partial charge on any atom is -0.451 e. The number of hydrogen-bond acceptors (Lipinski definition) is 6. The lowest BCUT2D eigenvalue weighted by molar-refractivity contribution is -0.384. The highest BCUT2D eigenvalue weighted by molar-refractivity contribution is 5.96. The van der Waals surface area contributed by atoms with E-state index in [-0.39, 0.29) is 11.3 Å². The van der Waals surface area contributed by atoms with Crippen LogP contribution in [0.1, 0.15) is 30.6 Å². The summed E-state index contributed by atoms with van der Waals surface area (Å²) in [5.41, 5.74) is -0.183. The van der Waals surface area contributed by atoms with Crippen LogP contribution in [0.2, 0.25) is 0 Å². The Morgan fingerprint density at radius 2 is 2.00 bits per heavy atom. The Kier molecular flexibility index (Phi) is 7.34. The number of benzene rings is 1. The SMILES string of the molecule is CCCNC(=O)C(C)OC(=O)CNC(=O)c1cccc([N+](=O)[O-])c1. The van der Waals surface area contributed by atoms with E-state index in [1.165, 1.54) is 25.1 Å². The Bertz CT molecular complexity index is 631. The van der Waals surface area contributed by atoms with Crippen molar-refractivity contribution in [3.8, 4) is 0 Å². The molecule has 0 bridgehead atoms. The quantitative estimate of drug-likeness (QED) is 0.410. The van der Waals surface area contributed by atoms with E-state index in [0.29, 0.717) is 6.54 Å². The van der Waals surface area contributed by atoms with Crippen LogP contribution in [0.3, 0.4) is 0 Å². The van der Waals surface area contributed by atoms with Crippen LogP contribution in [0.5, 0.6) is 0 Å². The van der Waals surface area contributed by atoms with E-state index in [2.05, 4.69) is 10.6 Å². The van der Waals surface area contributed by atoms with Gasteiger partial charge in [0.1, 0.15) is 6.54 Å². The van der Waals surface area contributed by atoms with Crippen LogP contribution in [0.15, 0.2) is 24.3 Å². The number of amides is 2. The zero-order chi connectivity index (χ0) is 18.1. The van der Waals surface area contributed by atoms with Crippen molar-refractivity contribution in [2.45, 2.75) is 26.4 Å². The molecule has 0 aliphatic heterocycles. The van der Waals surface area contributed by atoms with Gasteiger partial charge in [-0.2, -0.15) is 0 Å². The summed E-state index contributed by atoms with van der Waals surface area (Å²) in [7, 11) is 0. The Balaban J connectivity index is 2.49. The van der Waals surface area contributed by atoms with Crippen molar-refractivity contribution in [1.29, 1.82) is 0 Å². The number of hydrogen-bond donors (Lipinski definition) is 2. The monoisotopic (exact) mass is 337 g/mol. The molecule has 1 atom stereocenters. The highest BCUT2D eigenvalue weighted by Gasteiger charge is 2.18. The Morgan fingerprint density at radius 3 is 2.62 bits per heavy atom. The summed E-state index contributed by atoms with van der Waals surface area (Å²) in [5, 5.41) is 15.5. The molecular weight excluding hydrogens is 318 g/mol. The van der Waals surface area contributed by atoms with Gasteiger partial charge in [0.15, 0.2) is 6.10 Å². The molecule has 0 aliphatic rings. The van der Waals surface area contributed by atoms with Gasteiger partial charge in [-0.25, -0.2) is 0 Å². The van der Waals surface area contributed by atoms with Crippen molar-refractivity contribution in [2.75, 3.05) is 13.1 Å². The number of nitrogens with zero attached hydrogens (tertiary/aromatic N) is 1. The minimum atomic E-state index is -0.973. The van der Waals surface area contributed by atoms with E-state index in [4.69, 9.17) is 4.74 Å². The first-order chi connectivity index (χ1) is 11.3. The molecular formula is C15H19N3O6. The largest absolute Gasteiger partial charge is 0.451 e. The number of nitro benzene ring substituents is 1. The molecule has 1 aromatic rings. The zero-order valence-electron chi connectivity index (χ0n) is 13.4. The maximum atomic E-state index is 11.9. The molecule has 0 saturated heterocycles.